The maximum absolute atomic E-state index is 11.5. The molecule has 0 saturated carbocycles. The summed E-state index contributed by atoms with van der Waals surface area (Å²) in [5.74, 6) is 0. The van der Waals surface area contributed by atoms with Gasteiger partial charge in [-0.1, -0.05) is 5.16 Å². The van der Waals surface area contributed by atoms with Crippen molar-refractivity contribution in [3.8, 4) is 0 Å². The molecule has 0 bridgehead atoms. The van der Waals surface area contributed by atoms with Crippen LogP contribution in [0.25, 0.3) is 0 Å². The van der Waals surface area contributed by atoms with Crippen molar-refractivity contribution in [2.75, 3.05) is 0 Å². The van der Waals surface area contributed by atoms with Crippen LogP contribution in [0.15, 0.2) is 5.16 Å². The second-order valence-corrected chi connectivity index (χ2v) is 1.43. The molecule has 1 aliphatic rings. The molecule has 0 aliphatic carbocycles. The summed E-state index contributed by atoms with van der Waals surface area (Å²) in [6.45, 7) is 0. The van der Waals surface area contributed by atoms with E-state index in [-0.39, 0.29) is 0 Å². The van der Waals surface area contributed by atoms with Gasteiger partial charge in [0.1, 0.15) is 0 Å². The molecule has 2 radical (unpaired) electrons. The number of oxime groups is 1. The van der Waals surface area contributed by atoms with Gasteiger partial charge in [-0.3, -0.25) is 0 Å². The lowest BCUT2D eigenvalue weighted by molar-refractivity contribution is -0.202. The molecule has 5 heteroatoms. The molecule has 2 nitrogen and oxygen atoms in total. The second kappa shape index (κ2) is 1.89. The summed E-state index contributed by atoms with van der Waals surface area (Å²) >= 11 is 0. The fourth-order valence-electron chi connectivity index (χ4n) is 0.374. The number of hydrogen-bond donors (Lipinski definition) is 0. The smallest absolute Gasteiger partial charge is 0.382 e. The van der Waals surface area contributed by atoms with Crippen molar-refractivity contribution >= 4 is 6.21 Å². The topological polar surface area (TPSA) is 21.6 Å². The molecule has 0 fully saturated rings. The first-order valence-electron chi connectivity index (χ1n) is 2.11. The number of halogens is 3. The summed E-state index contributed by atoms with van der Waals surface area (Å²) in [6, 6.07) is 0. The van der Waals surface area contributed by atoms with Gasteiger partial charge in [-0.2, -0.15) is 13.2 Å². The van der Waals surface area contributed by atoms with Crippen molar-refractivity contribution in [1.82, 2.24) is 0 Å². The summed E-state index contributed by atoms with van der Waals surface area (Å²) in [7, 11) is 0. The van der Waals surface area contributed by atoms with E-state index >= 15 is 0 Å². The van der Waals surface area contributed by atoms with Crippen LogP contribution >= 0.6 is 0 Å². The van der Waals surface area contributed by atoms with Crippen LogP contribution in [0, 0.1) is 6.42 Å². The molecule has 0 aromatic heterocycles. The van der Waals surface area contributed by atoms with Crippen molar-refractivity contribution in [2.24, 2.45) is 5.16 Å². The Kier molecular flexibility index (Phi) is 1.34. The summed E-state index contributed by atoms with van der Waals surface area (Å²) in [6.07, 6.45) is -3.62. The highest BCUT2D eigenvalue weighted by atomic mass is 19.4. The highest BCUT2D eigenvalue weighted by Gasteiger charge is 2.43. The third kappa shape index (κ3) is 1.34. The molecule has 1 unspecified atom stereocenters. The molecule has 0 N–H and O–H groups in total. The van der Waals surface area contributed by atoms with Crippen LogP contribution in [-0.2, 0) is 4.84 Å². The minimum atomic E-state index is -4.38. The first kappa shape index (κ1) is 6.38. The molecule has 1 aliphatic heterocycles. The minimum absolute atomic E-state index is 0.859. The Hall–Kier alpha value is -0.740. The van der Waals surface area contributed by atoms with Crippen LogP contribution in [0.5, 0.6) is 0 Å². The van der Waals surface area contributed by atoms with Crippen molar-refractivity contribution in [3.05, 3.63) is 6.42 Å². The SMILES string of the molecule is FC(F)(F)C1[C]C=NO1. The van der Waals surface area contributed by atoms with Gasteiger partial charge >= 0.3 is 6.18 Å². The fraction of sp³-hybridized carbons (Fsp3) is 0.500. The Morgan fingerprint density at radius 2 is 2.22 bits per heavy atom. The van der Waals surface area contributed by atoms with E-state index in [0.717, 1.165) is 6.21 Å². The average Bonchev–Trinajstić information content (AvgIpc) is 2.08. The first-order chi connectivity index (χ1) is 4.11. The maximum Gasteiger partial charge on any atom is 0.429 e. The summed E-state index contributed by atoms with van der Waals surface area (Å²) in [5.41, 5.74) is 0. The van der Waals surface area contributed by atoms with Gasteiger partial charge in [0, 0.05) is 0 Å². The zero-order chi connectivity index (χ0) is 6.91. The van der Waals surface area contributed by atoms with Gasteiger partial charge in [0.15, 0.2) is 0 Å². The van der Waals surface area contributed by atoms with Crippen LogP contribution in [0.2, 0.25) is 0 Å². The predicted molar refractivity (Wildman–Crippen MR) is 22.7 cm³/mol. The Bertz CT molecular complexity index is 122. The van der Waals surface area contributed by atoms with Gasteiger partial charge in [0.2, 0.25) is 6.10 Å². The Morgan fingerprint density at radius 1 is 1.56 bits per heavy atom. The summed E-state index contributed by atoms with van der Waals surface area (Å²) < 4.78 is 34.5. The third-order valence-electron chi connectivity index (χ3n) is 0.742. The quantitative estimate of drug-likeness (QED) is 0.488. The number of hydrogen-bond acceptors (Lipinski definition) is 2. The molecule has 9 heavy (non-hydrogen) atoms. The molecule has 1 rings (SSSR count). The number of rotatable bonds is 0. The summed E-state index contributed by atoms with van der Waals surface area (Å²) in [5, 5.41) is 2.88. The standard InChI is InChI=1S/C4H2F3NO/c5-4(6,7)3-1-2-8-9-3/h2-3H. The zero-order valence-electron chi connectivity index (χ0n) is 4.14. The second-order valence-electron chi connectivity index (χ2n) is 1.43. The van der Waals surface area contributed by atoms with Gasteiger partial charge in [-0.15, -0.1) is 0 Å². The lowest BCUT2D eigenvalue weighted by Gasteiger charge is -2.10. The lowest BCUT2D eigenvalue weighted by atomic mass is 10.3. The molecular weight excluding hydrogens is 135 g/mol. The highest BCUT2D eigenvalue weighted by Crippen LogP contribution is 2.26. The Balaban J connectivity index is 2.46. The fourth-order valence-corrected chi connectivity index (χ4v) is 0.374. The molecule has 1 atom stereocenters. The first-order valence-corrected chi connectivity index (χ1v) is 2.11. The maximum atomic E-state index is 11.5. The Labute approximate surface area is 49.3 Å². The van der Waals surface area contributed by atoms with Crippen LogP contribution in [-0.4, -0.2) is 18.5 Å². The normalized spacial score (nSPS) is 26.3. The van der Waals surface area contributed by atoms with Gasteiger partial charge in [-0.25, -0.2) is 0 Å². The molecule has 50 valence electrons. The van der Waals surface area contributed by atoms with E-state index in [1.165, 1.54) is 0 Å². The van der Waals surface area contributed by atoms with E-state index in [1.54, 1.807) is 0 Å². The van der Waals surface area contributed by atoms with E-state index in [2.05, 4.69) is 9.99 Å². The molecule has 0 spiro atoms. The lowest BCUT2D eigenvalue weighted by Crippen LogP contribution is -2.28. The zero-order valence-corrected chi connectivity index (χ0v) is 4.14. The Morgan fingerprint density at radius 3 is 2.44 bits per heavy atom. The average molecular weight is 137 g/mol. The minimum Gasteiger partial charge on any atom is -0.382 e. The van der Waals surface area contributed by atoms with Gasteiger partial charge in [0.25, 0.3) is 0 Å². The van der Waals surface area contributed by atoms with Crippen molar-refractivity contribution < 1.29 is 18.0 Å². The van der Waals surface area contributed by atoms with E-state index in [1.807, 2.05) is 6.42 Å². The molecule has 0 amide bonds. The van der Waals surface area contributed by atoms with Crippen LogP contribution in [0.1, 0.15) is 0 Å². The van der Waals surface area contributed by atoms with Crippen molar-refractivity contribution in [3.63, 3.8) is 0 Å². The monoisotopic (exact) mass is 137 g/mol. The molecule has 0 saturated heterocycles. The predicted octanol–water partition coefficient (Wildman–Crippen LogP) is 1.01. The largest absolute Gasteiger partial charge is 0.429 e. The number of nitrogens with zero attached hydrogens (tertiary/aromatic N) is 1. The van der Waals surface area contributed by atoms with Crippen LogP contribution in [0.4, 0.5) is 13.2 Å². The van der Waals surface area contributed by atoms with E-state index in [0.29, 0.717) is 0 Å². The van der Waals surface area contributed by atoms with Gasteiger partial charge < -0.3 is 4.84 Å². The molecule has 1 heterocycles. The molecule has 0 aromatic rings. The van der Waals surface area contributed by atoms with Crippen molar-refractivity contribution in [2.45, 2.75) is 12.3 Å². The third-order valence-corrected chi connectivity index (χ3v) is 0.742. The van der Waals surface area contributed by atoms with Crippen LogP contribution < -0.4 is 0 Å². The molecule has 0 aromatic carbocycles. The summed E-state index contributed by atoms with van der Waals surface area (Å²) in [4.78, 5) is 3.85. The van der Waals surface area contributed by atoms with Crippen molar-refractivity contribution in [1.29, 1.82) is 0 Å². The number of alkyl halides is 3. The van der Waals surface area contributed by atoms with Crippen LogP contribution in [0.3, 0.4) is 0 Å². The van der Waals surface area contributed by atoms with Gasteiger partial charge in [0.05, 0.1) is 12.6 Å². The highest BCUT2D eigenvalue weighted by molar-refractivity contribution is 5.69. The molecular formula is C4H2F3NO. The van der Waals surface area contributed by atoms with E-state index in [4.69, 9.17) is 0 Å². The van der Waals surface area contributed by atoms with E-state index < -0.39 is 12.3 Å². The van der Waals surface area contributed by atoms with Gasteiger partial charge in [-0.05, 0) is 0 Å². The van der Waals surface area contributed by atoms with E-state index in [9.17, 15) is 13.2 Å².